The van der Waals surface area contributed by atoms with Gasteiger partial charge in [-0.2, -0.15) is 0 Å². The lowest BCUT2D eigenvalue weighted by atomic mass is 10.1. The highest BCUT2D eigenvalue weighted by molar-refractivity contribution is 5.35. The normalized spacial score (nSPS) is 11.1. The number of benzene rings is 1. The van der Waals surface area contributed by atoms with Gasteiger partial charge in [-0.15, -0.1) is 0 Å². The molecule has 0 fully saturated rings. The molecule has 0 spiro atoms. The number of ether oxygens (including phenoxy) is 1. The topological polar surface area (TPSA) is 21.3 Å². The Morgan fingerprint density at radius 1 is 1.05 bits per heavy atom. The Labute approximate surface area is 124 Å². The first kappa shape index (κ1) is 17.0. The minimum absolute atomic E-state index is 0.751. The monoisotopic (exact) mass is 277 g/mol. The van der Waals surface area contributed by atoms with Gasteiger partial charge in [-0.1, -0.05) is 44.4 Å². The minimum atomic E-state index is 0.751. The van der Waals surface area contributed by atoms with Gasteiger partial charge in [-0.05, 0) is 57.3 Å². The molecule has 0 bridgehead atoms. The smallest absolute Gasteiger partial charge is 0.122 e. The van der Waals surface area contributed by atoms with Gasteiger partial charge in [0.1, 0.15) is 5.75 Å². The molecule has 0 aliphatic carbocycles. The predicted octanol–water partition coefficient (Wildman–Crippen LogP) is 4.49. The molecule has 2 heteroatoms. The van der Waals surface area contributed by atoms with Gasteiger partial charge in [-0.25, -0.2) is 0 Å². The summed E-state index contributed by atoms with van der Waals surface area (Å²) in [5.74, 6) is 1.79. The van der Waals surface area contributed by atoms with Gasteiger partial charge in [0, 0.05) is 0 Å². The highest BCUT2D eigenvalue weighted by Gasteiger charge is 1.99. The molecule has 0 aromatic heterocycles. The molecule has 0 aliphatic heterocycles. The molecule has 0 unspecified atom stereocenters. The van der Waals surface area contributed by atoms with Crippen LogP contribution in [0.5, 0.6) is 5.75 Å². The van der Waals surface area contributed by atoms with Crippen molar-refractivity contribution in [2.45, 2.75) is 53.4 Å². The molecule has 20 heavy (non-hydrogen) atoms. The van der Waals surface area contributed by atoms with Crippen LogP contribution in [0.2, 0.25) is 0 Å². The molecule has 1 aromatic rings. The summed E-state index contributed by atoms with van der Waals surface area (Å²) in [6, 6.07) is 6.37. The first-order valence-electron chi connectivity index (χ1n) is 8.00. The molecule has 0 heterocycles. The minimum Gasteiger partial charge on any atom is -0.493 e. The van der Waals surface area contributed by atoms with E-state index in [1.165, 1.54) is 30.4 Å². The molecule has 0 saturated carbocycles. The second-order valence-corrected chi connectivity index (χ2v) is 6.13. The maximum Gasteiger partial charge on any atom is 0.122 e. The van der Waals surface area contributed by atoms with E-state index in [4.69, 9.17) is 4.74 Å². The lowest BCUT2D eigenvalue weighted by molar-refractivity contribution is 0.302. The van der Waals surface area contributed by atoms with Gasteiger partial charge in [0.05, 0.1) is 6.61 Å². The van der Waals surface area contributed by atoms with Gasteiger partial charge < -0.3 is 10.1 Å². The summed E-state index contributed by atoms with van der Waals surface area (Å²) < 4.78 is 5.84. The van der Waals surface area contributed by atoms with Gasteiger partial charge in [0.25, 0.3) is 0 Å². The van der Waals surface area contributed by atoms with Gasteiger partial charge in [0.15, 0.2) is 0 Å². The van der Waals surface area contributed by atoms with E-state index in [1.807, 2.05) is 0 Å². The van der Waals surface area contributed by atoms with Crippen LogP contribution in [-0.2, 0) is 0 Å². The molecule has 0 aliphatic rings. The van der Waals surface area contributed by atoms with Crippen molar-refractivity contribution >= 4 is 0 Å². The van der Waals surface area contributed by atoms with Crippen LogP contribution in [0, 0.1) is 19.8 Å². The zero-order valence-electron chi connectivity index (χ0n) is 13.7. The number of aryl methyl sites for hydroxylation is 2. The summed E-state index contributed by atoms with van der Waals surface area (Å²) in [7, 11) is 0. The number of hydrogen-bond acceptors (Lipinski definition) is 2. The molecule has 0 atom stereocenters. The van der Waals surface area contributed by atoms with Gasteiger partial charge in [0.2, 0.25) is 0 Å². The first-order valence-corrected chi connectivity index (χ1v) is 8.00. The highest BCUT2D eigenvalue weighted by atomic mass is 16.5. The van der Waals surface area contributed by atoms with Crippen LogP contribution in [-0.4, -0.2) is 19.7 Å². The molecule has 0 amide bonds. The van der Waals surface area contributed by atoms with Crippen molar-refractivity contribution in [2.24, 2.45) is 5.92 Å². The molecular weight excluding hydrogens is 246 g/mol. The summed E-state index contributed by atoms with van der Waals surface area (Å²) in [4.78, 5) is 0. The van der Waals surface area contributed by atoms with Gasteiger partial charge >= 0.3 is 0 Å². The lowest BCUT2D eigenvalue weighted by Crippen LogP contribution is -2.20. The van der Waals surface area contributed by atoms with E-state index >= 15 is 0 Å². The third-order valence-electron chi connectivity index (χ3n) is 3.39. The van der Waals surface area contributed by atoms with E-state index in [0.29, 0.717) is 0 Å². The predicted molar refractivity (Wildman–Crippen MR) is 87.6 cm³/mol. The molecule has 114 valence electrons. The standard InChI is InChI=1S/C18H31NO/c1-15(2)14-19-11-7-5-6-8-12-20-18-10-9-16(3)13-17(18)4/h9-10,13,15,19H,5-8,11-12,14H2,1-4H3. The van der Waals surface area contributed by atoms with Crippen LogP contribution >= 0.6 is 0 Å². The average molecular weight is 277 g/mol. The Kier molecular flexibility index (Phi) is 8.36. The summed E-state index contributed by atoms with van der Waals surface area (Å²) in [5.41, 5.74) is 2.53. The largest absolute Gasteiger partial charge is 0.493 e. The van der Waals surface area contributed by atoms with Crippen LogP contribution in [0.25, 0.3) is 0 Å². The summed E-state index contributed by atoms with van der Waals surface area (Å²) in [6.45, 7) is 11.8. The third-order valence-corrected chi connectivity index (χ3v) is 3.39. The molecule has 1 N–H and O–H groups in total. The van der Waals surface area contributed by atoms with Crippen molar-refractivity contribution < 1.29 is 4.74 Å². The Morgan fingerprint density at radius 3 is 2.50 bits per heavy atom. The SMILES string of the molecule is Cc1ccc(OCCCCCCNCC(C)C)c(C)c1. The number of hydrogen-bond donors (Lipinski definition) is 1. The summed E-state index contributed by atoms with van der Waals surface area (Å²) >= 11 is 0. The number of unbranched alkanes of at least 4 members (excludes halogenated alkanes) is 3. The molecule has 2 nitrogen and oxygen atoms in total. The highest BCUT2D eigenvalue weighted by Crippen LogP contribution is 2.19. The van der Waals surface area contributed by atoms with Crippen molar-refractivity contribution in [3.63, 3.8) is 0 Å². The zero-order valence-corrected chi connectivity index (χ0v) is 13.7. The van der Waals surface area contributed by atoms with Crippen molar-refractivity contribution in [1.82, 2.24) is 5.32 Å². The maximum atomic E-state index is 5.84. The Balaban J connectivity index is 1.99. The van der Waals surface area contributed by atoms with Crippen molar-refractivity contribution in [1.29, 1.82) is 0 Å². The second-order valence-electron chi connectivity index (χ2n) is 6.13. The van der Waals surface area contributed by atoms with Crippen LogP contribution in [0.4, 0.5) is 0 Å². The zero-order chi connectivity index (χ0) is 14.8. The van der Waals surface area contributed by atoms with Crippen LogP contribution in [0.15, 0.2) is 18.2 Å². The Bertz CT molecular complexity index is 374. The average Bonchev–Trinajstić information content (AvgIpc) is 2.38. The summed E-state index contributed by atoms with van der Waals surface area (Å²) in [5, 5.41) is 3.48. The molecule has 1 rings (SSSR count). The molecule has 0 radical (unpaired) electrons. The third kappa shape index (κ3) is 7.54. The second kappa shape index (κ2) is 9.82. The van der Waals surface area contributed by atoms with E-state index in [0.717, 1.165) is 37.8 Å². The van der Waals surface area contributed by atoms with Crippen molar-refractivity contribution in [3.05, 3.63) is 29.3 Å². The van der Waals surface area contributed by atoms with Crippen molar-refractivity contribution in [2.75, 3.05) is 19.7 Å². The van der Waals surface area contributed by atoms with Crippen molar-refractivity contribution in [3.8, 4) is 5.75 Å². The Hall–Kier alpha value is -1.02. The summed E-state index contributed by atoms with van der Waals surface area (Å²) in [6.07, 6.45) is 4.98. The molecule has 0 saturated heterocycles. The van der Waals surface area contributed by atoms with Crippen LogP contribution in [0.1, 0.15) is 50.7 Å². The van der Waals surface area contributed by atoms with E-state index in [9.17, 15) is 0 Å². The van der Waals surface area contributed by atoms with Gasteiger partial charge in [-0.3, -0.25) is 0 Å². The fourth-order valence-electron chi connectivity index (χ4n) is 2.24. The van der Waals surface area contributed by atoms with E-state index in [2.05, 4.69) is 51.2 Å². The van der Waals surface area contributed by atoms with E-state index < -0.39 is 0 Å². The Morgan fingerprint density at radius 2 is 1.80 bits per heavy atom. The van der Waals surface area contributed by atoms with Crippen LogP contribution < -0.4 is 10.1 Å². The number of rotatable bonds is 10. The first-order chi connectivity index (χ1) is 9.59. The quantitative estimate of drug-likeness (QED) is 0.636. The maximum absolute atomic E-state index is 5.84. The van der Waals surface area contributed by atoms with Crippen LogP contribution in [0.3, 0.4) is 0 Å². The molecule has 1 aromatic carbocycles. The molecular formula is C18H31NO. The number of nitrogens with one attached hydrogen (secondary N) is 1. The van der Waals surface area contributed by atoms with E-state index in [1.54, 1.807) is 0 Å². The fourth-order valence-corrected chi connectivity index (χ4v) is 2.24. The van der Waals surface area contributed by atoms with E-state index in [-0.39, 0.29) is 0 Å². The lowest BCUT2D eigenvalue weighted by Gasteiger charge is -2.10. The fraction of sp³-hybridized carbons (Fsp3) is 0.667.